The predicted molar refractivity (Wildman–Crippen MR) is 84.4 cm³/mol. The molecule has 0 aliphatic carbocycles. The van der Waals surface area contributed by atoms with Crippen molar-refractivity contribution in [2.75, 3.05) is 26.2 Å². The Morgan fingerprint density at radius 3 is 2.60 bits per heavy atom. The van der Waals surface area contributed by atoms with Gasteiger partial charge in [0.05, 0.1) is 19.2 Å². The van der Waals surface area contributed by atoms with Gasteiger partial charge in [-0.3, -0.25) is 4.21 Å². The largest absolute Gasteiger partial charge is 0.493 e. The quantitative estimate of drug-likeness (QED) is 0.800. The number of hydrogen-bond donors (Lipinski definition) is 1. The van der Waals surface area contributed by atoms with Crippen LogP contribution in [0, 0.1) is 0 Å². The Morgan fingerprint density at radius 2 is 2.05 bits per heavy atom. The van der Waals surface area contributed by atoms with Crippen LogP contribution in [0.5, 0.6) is 11.5 Å². The first-order valence-electron chi connectivity index (χ1n) is 6.42. The number of methoxy groups -OCH3 is 2. The molecule has 0 radical (unpaired) electrons. The first-order valence-corrected chi connectivity index (χ1v) is 8.52. The summed E-state index contributed by atoms with van der Waals surface area (Å²) in [7, 11) is 2.40. The molecule has 4 nitrogen and oxygen atoms in total. The highest BCUT2D eigenvalue weighted by molar-refractivity contribution is 7.84. The summed E-state index contributed by atoms with van der Waals surface area (Å²) >= 11 is 6.31. The van der Waals surface area contributed by atoms with Gasteiger partial charge in [-0.15, -0.1) is 0 Å². The minimum Gasteiger partial charge on any atom is -0.493 e. The molecule has 0 saturated carbocycles. The van der Waals surface area contributed by atoms with Crippen LogP contribution in [0.25, 0.3) is 0 Å². The summed E-state index contributed by atoms with van der Waals surface area (Å²) in [6.45, 7) is 2.71. The van der Waals surface area contributed by atoms with E-state index in [2.05, 4.69) is 12.2 Å². The minimum atomic E-state index is -0.751. The zero-order valence-corrected chi connectivity index (χ0v) is 13.9. The van der Waals surface area contributed by atoms with Crippen LogP contribution in [0.1, 0.15) is 18.9 Å². The van der Waals surface area contributed by atoms with E-state index in [1.54, 1.807) is 20.5 Å². The van der Waals surface area contributed by atoms with E-state index in [4.69, 9.17) is 21.1 Å². The summed E-state index contributed by atoms with van der Waals surface area (Å²) in [6, 6.07) is 4.04. The van der Waals surface area contributed by atoms with Crippen LogP contribution in [0.4, 0.5) is 0 Å². The maximum atomic E-state index is 11.1. The lowest BCUT2D eigenvalue weighted by Gasteiger charge is -2.16. The summed E-state index contributed by atoms with van der Waals surface area (Å²) in [4.78, 5) is 0. The van der Waals surface area contributed by atoms with Crippen molar-refractivity contribution in [3.8, 4) is 11.5 Å². The summed E-state index contributed by atoms with van der Waals surface area (Å²) in [5, 5.41) is 3.93. The van der Waals surface area contributed by atoms with Gasteiger partial charge in [0, 0.05) is 35.4 Å². The summed E-state index contributed by atoms with van der Waals surface area (Å²) < 4.78 is 21.5. The topological polar surface area (TPSA) is 47.6 Å². The van der Waals surface area contributed by atoms with Gasteiger partial charge in [-0.2, -0.15) is 0 Å². The Morgan fingerprint density at radius 1 is 1.35 bits per heavy atom. The highest BCUT2D eigenvalue weighted by atomic mass is 35.5. The lowest BCUT2D eigenvalue weighted by Crippen LogP contribution is -2.27. The van der Waals surface area contributed by atoms with E-state index in [9.17, 15) is 4.21 Å². The Kier molecular flexibility index (Phi) is 7.34. The molecule has 1 N–H and O–H groups in total. The molecule has 0 spiro atoms. The second-order valence-electron chi connectivity index (χ2n) is 4.62. The predicted octanol–water partition coefficient (Wildman–Crippen LogP) is 2.60. The molecule has 0 heterocycles. The molecule has 1 aromatic carbocycles. The smallest absolute Gasteiger partial charge is 0.179 e. The Labute approximate surface area is 128 Å². The van der Waals surface area contributed by atoms with Gasteiger partial charge in [-0.05, 0) is 25.0 Å². The molecular formula is C14H22ClNO3S. The molecule has 0 saturated heterocycles. The third-order valence-electron chi connectivity index (χ3n) is 3.04. The molecule has 0 aromatic heterocycles. The number of benzene rings is 1. The van der Waals surface area contributed by atoms with Crippen LogP contribution in [0.2, 0.25) is 5.02 Å². The van der Waals surface area contributed by atoms with Crippen molar-refractivity contribution in [2.45, 2.75) is 25.9 Å². The second-order valence-corrected chi connectivity index (χ2v) is 6.55. The van der Waals surface area contributed by atoms with E-state index < -0.39 is 10.8 Å². The van der Waals surface area contributed by atoms with Crippen molar-refractivity contribution in [3.05, 3.63) is 22.7 Å². The van der Waals surface area contributed by atoms with Crippen LogP contribution in [-0.4, -0.2) is 36.5 Å². The van der Waals surface area contributed by atoms with Crippen LogP contribution < -0.4 is 14.8 Å². The molecule has 20 heavy (non-hydrogen) atoms. The number of ether oxygens (including phenoxy) is 2. The molecule has 114 valence electrons. The normalized spacial score (nSPS) is 13.8. The zero-order valence-electron chi connectivity index (χ0n) is 12.4. The van der Waals surface area contributed by atoms with Gasteiger partial charge >= 0.3 is 0 Å². The first kappa shape index (κ1) is 17.3. The standard InChI is InChI=1S/C14H22ClNO3S/c1-10(7-8-20(4)17)16-9-11-5-6-12(18-2)14(19-3)13(11)15/h5-6,10,16H,7-9H2,1-4H3. The Hall–Kier alpha value is -0.780. The maximum absolute atomic E-state index is 11.1. The van der Waals surface area contributed by atoms with Crippen molar-refractivity contribution in [1.29, 1.82) is 0 Å². The SMILES string of the molecule is COc1ccc(CNC(C)CCS(C)=O)c(Cl)c1OC. The van der Waals surface area contributed by atoms with Crippen molar-refractivity contribution in [1.82, 2.24) is 5.32 Å². The molecule has 1 rings (SSSR count). The summed E-state index contributed by atoms with van der Waals surface area (Å²) in [5.41, 5.74) is 0.953. The molecule has 2 atom stereocenters. The van der Waals surface area contributed by atoms with Crippen molar-refractivity contribution in [2.24, 2.45) is 0 Å². The van der Waals surface area contributed by atoms with Gasteiger partial charge in [0.15, 0.2) is 11.5 Å². The molecule has 0 aliphatic rings. The van der Waals surface area contributed by atoms with E-state index >= 15 is 0 Å². The van der Waals surface area contributed by atoms with Crippen molar-refractivity contribution in [3.63, 3.8) is 0 Å². The van der Waals surface area contributed by atoms with Gasteiger partial charge in [0.2, 0.25) is 0 Å². The van der Waals surface area contributed by atoms with Gasteiger partial charge in [-0.1, -0.05) is 17.7 Å². The van der Waals surface area contributed by atoms with E-state index in [1.807, 2.05) is 12.1 Å². The van der Waals surface area contributed by atoms with E-state index in [-0.39, 0.29) is 6.04 Å². The first-order chi connectivity index (χ1) is 9.49. The molecule has 0 aliphatic heterocycles. The zero-order chi connectivity index (χ0) is 15.1. The van der Waals surface area contributed by atoms with Crippen molar-refractivity contribution < 1.29 is 13.7 Å². The number of halogens is 1. The average Bonchev–Trinajstić information content (AvgIpc) is 2.43. The minimum absolute atomic E-state index is 0.281. The van der Waals surface area contributed by atoms with Gasteiger partial charge < -0.3 is 14.8 Å². The number of nitrogens with one attached hydrogen (secondary N) is 1. The molecule has 0 amide bonds. The van der Waals surface area contributed by atoms with Gasteiger partial charge in [0.1, 0.15) is 0 Å². The van der Waals surface area contributed by atoms with Crippen LogP contribution in [0.15, 0.2) is 12.1 Å². The molecule has 2 unspecified atom stereocenters. The van der Waals surface area contributed by atoms with Gasteiger partial charge in [-0.25, -0.2) is 0 Å². The third-order valence-corrected chi connectivity index (χ3v) is 4.27. The summed E-state index contributed by atoms with van der Waals surface area (Å²) in [5.74, 6) is 1.87. The monoisotopic (exact) mass is 319 g/mol. The van der Waals surface area contributed by atoms with Gasteiger partial charge in [0.25, 0.3) is 0 Å². The Balaban J connectivity index is 2.66. The van der Waals surface area contributed by atoms with Crippen LogP contribution in [-0.2, 0) is 17.3 Å². The molecular weight excluding hydrogens is 298 g/mol. The average molecular weight is 320 g/mol. The third kappa shape index (κ3) is 4.96. The number of rotatable bonds is 8. The van der Waals surface area contributed by atoms with E-state index in [0.717, 1.165) is 12.0 Å². The molecule has 0 fully saturated rings. The van der Waals surface area contributed by atoms with Crippen LogP contribution >= 0.6 is 11.6 Å². The van der Waals surface area contributed by atoms with E-state index in [1.165, 1.54) is 0 Å². The number of hydrogen-bond acceptors (Lipinski definition) is 4. The lowest BCUT2D eigenvalue weighted by atomic mass is 10.1. The fourth-order valence-corrected chi connectivity index (χ4v) is 2.78. The Bertz CT molecular complexity index is 468. The highest BCUT2D eigenvalue weighted by Crippen LogP contribution is 2.37. The van der Waals surface area contributed by atoms with Crippen molar-refractivity contribution >= 4 is 22.4 Å². The molecule has 6 heteroatoms. The van der Waals surface area contributed by atoms with Crippen LogP contribution in [0.3, 0.4) is 0 Å². The summed E-state index contributed by atoms with van der Waals surface area (Å²) in [6.07, 6.45) is 2.59. The fourth-order valence-electron chi connectivity index (χ4n) is 1.80. The second kappa shape index (κ2) is 8.49. The molecule has 0 bridgehead atoms. The highest BCUT2D eigenvalue weighted by Gasteiger charge is 2.13. The van der Waals surface area contributed by atoms with E-state index in [0.29, 0.717) is 28.8 Å². The fraction of sp³-hybridized carbons (Fsp3) is 0.571. The maximum Gasteiger partial charge on any atom is 0.179 e. The molecule has 1 aromatic rings. The lowest BCUT2D eigenvalue weighted by molar-refractivity contribution is 0.354.